The first-order valence-electron chi connectivity index (χ1n) is 8.59. The van der Waals surface area contributed by atoms with E-state index in [2.05, 4.69) is 10.6 Å². The van der Waals surface area contributed by atoms with Gasteiger partial charge in [-0.2, -0.15) is 0 Å². The van der Waals surface area contributed by atoms with Gasteiger partial charge in [-0.3, -0.25) is 0 Å². The second-order valence-corrected chi connectivity index (χ2v) is 6.06. The van der Waals surface area contributed by atoms with Crippen LogP contribution in [0.25, 0.3) is 0 Å². The highest BCUT2D eigenvalue weighted by atomic mass is 16.3. The Kier molecular flexibility index (Phi) is 6.01. The van der Waals surface area contributed by atoms with Crippen molar-refractivity contribution in [2.75, 3.05) is 0 Å². The maximum absolute atomic E-state index is 12.4. The second-order valence-electron chi connectivity index (χ2n) is 6.06. The van der Waals surface area contributed by atoms with Crippen molar-refractivity contribution in [1.29, 1.82) is 0 Å². The molecule has 4 heteroatoms. The van der Waals surface area contributed by atoms with Crippen molar-refractivity contribution in [2.45, 2.75) is 19.2 Å². The van der Waals surface area contributed by atoms with Gasteiger partial charge in [-0.1, -0.05) is 84.9 Å². The average Bonchev–Trinajstić information content (AvgIpc) is 2.72. The van der Waals surface area contributed by atoms with E-state index in [4.69, 9.17) is 5.11 Å². The van der Waals surface area contributed by atoms with Gasteiger partial charge in [0.05, 0.1) is 12.6 Å². The molecule has 0 fully saturated rings. The second kappa shape index (κ2) is 8.83. The number of urea groups is 1. The monoisotopic (exact) mass is 346 g/mol. The van der Waals surface area contributed by atoms with E-state index in [1.807, 2.05) is 84.9 Å². The maximum atomic E-state index is 12.4. The zero-order valence-electron chi connectivity index (χ0n) is 14.4. The Bertz CT molecular complexity index is 778. The van der Waals surface area contributed by atoms with Crippen LogP contribution >= 0.6 is 0 Å². The van der Waals surface area contributed by atoms with E-state index in [1.54, 1.807) is 0 Å². The Labute approximate surface area is 153 Å². The first-order valence-corrected chi connectivity index (χ1v) is 8.59. The van der Waals surface area contributed by atoms with Gasteiger partial charge >= 0.3 is 6.03 Å². The lowest BCUT2D eigenvalue weighted by atomic mass is 9.99. The number of hydrogen-bond donors (Lipinski definition) is 3. The van der Waals surface area contributed by atoms with Crippen molar-refractivity contribution in [3.05, 3.63) is 107 Å². The summed E-state index contributed by atoms with van der Waals surface area (Å²) in [4.78, 5) is 12.4. The van der Waals surface area contributed by atoms with Gasteiger partial charge in [-0.05, 0) is 22.3 Å². The molecule has 0 radical (unpaired) electrons. The third kappa shape index (κ3) is 4.71. The van der Waals surface area contributed by atoms with E-state index < -0.39 is 0 Å². The summed E-state index contributed by atoms with van der Waals surface area (Å²) < 4.78 is 0. The molecule has 0 aliphatic heterocycles. The van der Waals surface area contributed by atoms with E-state index >= 15 is 0 Å². The molecule has 2 amide bonds. The fourth-order valence-corrected chi connectivity index (χ4v) is 2.78. The van der Waals surface area contributed by atoms with Gasteiger partial charge in [0.2, 0.25) is 0 Å². The van der Waals surface area contributed by atoms with Gasteiger partial charge in [0.15, 0.2) is 0 Å². The predicted octanol–water partition coefficient (Wildman–Crippen LogP) is 3.77. The summed E-state index contributed by atoms with van der Waals surface area (Å²) in [6.45, 7) is 0.442. The minimum absolute atomic E-state index is 0.0179. The summed E-state index contributed by atoms with van der Waals surface area (Å²) in [6.07, 6.45) is 0. The molecule has 26 heavy (non-hydrogen) atoms. The third-order valence-corrected chi connectivity index (χ3v) is 4.20. The first-order chi connectivity index (χ1) is 12.8. The molecule has 0 aliphatic carbocycles. The number of hydrogen-bond acceptors (Lipinski definition) is 2. The topological polar surface area (TPSA) is 61.4 Å². The van der Waals surface area contributed by atoms with Gasteiger partial charge in [0, 0.05) is 6.54 Å². The Morgan fingerprint density at radius 3 is 1.77 bits per heavy atom. The van der Waals surface area contributed by atoms with Crippen LogP contribution in [-0.4, -0.2) is 11.1 Å². The van der Waals surface area contributed by atoms with Gasteiger partial charge < -0.3 is 15.7 Å². The number of benzene rings is 3. The quantitative estimate of drug-likeness (QED) is 0.636. The molecule has 0 atom stereocenters. The molecule has 4 nitrogen and oxygen atoms in total. The molecule has 0 heterocycles. The van der Waals surface area contributed by atoms with Crippen molar-refractivity contribution >= 4 is 6.03 Å². The Hall–Kier alpha value is -3.11. The standard InChI is InChI=1S/C22H22N2O2/c25-16-18-13-11-17(12-14-18)15-23-22(26)24-21(19-7-3-1-4-8-19)20-9-5-2-6-10-20/h1-14,21,25H,15-16H2,(H2,23,24,26). The van der Waals surface area contributed by atoms with Crippen LogP contribution in [0.5, 0.6) is 0 Å². The van der Waals surface area contributed by atoms with Crippen LogP contribution in [0.1, 0.15) is 28.3 Å². The number of amides is 2. The summed E-state index contributed by atoms with van der Waals surface area (Å²) in [6, 6.07) is 26.9. The molecular weight excluding hydrogens is 324 g/mol. The van der Waals surface area contributed by atoms with E-state index in [0.29, 0.717) is 6.54 Å². The van der Waals surface area contributed by atoms with E-state index in [9.17, 15) is 4.79 Å². The highest BCUT2D eigenvalue weighted by Gasteiger charge is 2.16. The van der Waals surface area contributed by atoms with Crippen LogP contribution in [0, 0.1) is 0 Å². The molecule has 0 saturated carbocycles. The minimum Gasteiger partial charge on any atom is -0.392 e. The number of carbonyl (C=O) groups excluding carboxylic acids is 1. The molecule has 0 bridgehead atoms. The van der Waals surface area contributed by atoms with Crippen molar-refractivity contribution < 1.29 is 9.90 Å². The fourth-order valence-electron chi connectivity index (χ4n) is 2.78. The summed E-state index contributed by atoms with van der Waals surface area (Å²) in [7, 11) is 0. The smallest absolute Gasteiger partial charge is 0.315 e. The molecule has 0 saturated heterocycles. The van der Waals surface area contributed by atoms with Gasteiger partial charge in [-0.25, -0.2) is 4.79 Å². The van der Waals surface area contributed by atoms with Gasteiger partial charge in [0.1, 0.15) is 0 Å². The lowest BCUT2D eigenvalue weighted by Crippen LogP contribution is -2.38. The van der Waals surface area contributed by atoms with E-state index in [1.165, 1.54) is 0 Å². The molecule has 132 valence electrons. The number of aliphatic hydroxyl groups is 1. The highest BCUT2D eigenvalue weighted by molar-refractivity contribution is 5.75. The number of rotatable bonds is 6. The normalized spacial score (nSPS) is 10.5. The van der Waals surface area contributed by atoms with Gasteiger partial charge in [0.25, 0.3) is 0 Å². The summed E-state index contributed by atoms with van der Waals surface area (Å²) >= 11 is 0. The summed E-state index contributed by atoms with van der Waals surface area (Å²) in [5.74, 6) is 0. The average molecular weight is 346 g/mol. The Balaban J connectivity index is 1.67. The van der Waals surface area contributed by atoms with Crippen LogP contribution in [-0.2, 0) is 13.2 Å². The van der Waals surface area contributed by atoms with Crippen LogP contribution in [0.15, 0.2) is 84.9 Å². The molecule has 3 rings (SSSR count). The predicted molar refractivity (Wildman–Crippen MR) is 102 cm³/mol. The zero-order chi connectivity index (χ0) is 18.2. The Morgan fingerprint density at radius 2 is 1.27 bits per heavy atom. The third-order valence-electron chi connectivity index (χ3n) is 4.20. The van der Waals surface area contributed by atoms with Crippen LogP contribution in [0.2, 0.25) is 0 Å². The van der Waals surface area contributed by atoms with Crippen LogP contribution in [0.3, 0.4) is 0 Å². The molecule has 3 aromatic carbocycles. The SMILES string of the molecule is O=C(NCc1ccc(CO)cc1)NC(c1ccccc1)c1ccccc1. The van der Waals surface area contributed by atoms with Crippen LogP contribution < -0.4 is 10.6 Å². The summed E-state index contributed by atoms with van der Waals surface area (Å²) in [5, 5.41) is 15.0. The lowest BCUT2D eigenvalue weighted by molar-refractivity contribution is 0.238. The molecule has 0 aliphatic rings. The van der Waals surface area contributed by atoms with Crippen molar-refractivity contribution in [2.24, 2.45) is 0 Å². The maximum Gasteiger partial charge on any atom is 0.315 e. The number of carbonyl (C=O) groups is 1. The molecule has 0 spiro atoms. The lowest BCUT2D eigenvalue weighted by Gasteiger charge is -2.20. The van der Waals surface area contributed by atoms with Crippen molar-refractivity contribution in [1.82, 2.24) is 10.6 Å². The molecule has 0 unspecified atom stereocenters. The fraction of sp³-hybridized carbons (Fsp3) is 0.136. The van der Waals surface area contributed by atoms with Crippen molar-refractivity contribution in [3.63, 3.8) is 0 Å². The molecular formula is C22H22N2O2. The van der Waals surface area contributed by atoms with Crippen LogP contribution in [0.4, 0.5) is 4.79 Å². The van der Waals surface area contributed by atoms with E-state index in [0.717, 1.165) is 22.3 Å². The summed E-state index contributed by atoms with van der Waals surface area (Å²) in [5.41, 5.74) is 3.89. The van der Waals surface area contributed by atoms with E-state index in [-0.39, 0.29) is 18.7 Å². The molecule has 3 N–H and O–H groups in total. The minimum atomic E-state index is -0.228. The largest absolute Gasteiger partial charge is 0.392 e. The highest BCUT2D eigenvalue weighted by Crippen LogP contribution is 2.21. The zero-order valence-corrected chi connectivity index (χ0v) is 14.4. The van der Waals surface area contributed by atoms with Gasteiger partial charge in [-0.15, -0.1) is 0 Å². The molecule has 0 aromatic heterocycles. The van der Waals surface area contributed by atoms with Crippen molar-refractivity contribution in [3.8, 4) is 0 Å². The number of nitrogens with one attached hydrogen (secondary N) is 2. The Morgan fingerprint density at radius 1 is 0.769 bits per heavy atom. The number of aliphatic hydroxyl groups excluding tert-OH is 1. The first kappa shape index (κ1) is 17.7. The molecule has 3 aromatic rings.